The van der Waals surface area contributed by atoms with Crippen LogP contribution in [0.15, 0.2) is 23.4 Å². The van der Waals surface area contributed by atoms with E-state index in [9.17, 15) is 8.42 Å². The Hall–Kier alpha value is -1.82. The maximum absolute atomic E-state index is 11.1. The Balaban J connectivity index is 2.12. The molecule has 2 aliphatic rings. The Kier molecular flexibility index (Phi) is 3.05. The van der Waals surface area contributed by atoms with Crippen LogP contribution >= 0.6 is 0 Å². The molecule has 0 saturated carbocycles. The maximum atomic E-state index is 11.1. The Labute approximate surface area is 118 Å². The van der Waals surface area contributed by atoms with Crippen LogP contribution in [0.3, 0.4) is 0 Å². The van der Waals surface area contributed by atoms with E-state index in [4.69, 9.17) is 4.74 Å². The number of nitrogens with zero attached hydrogens (tertiary/aromatic N) is 1. The summed E-state index contributed by atoms with van der Waals surface area (Å²) in [6, 6.07) is 3.96. The topological polar surface area (TPSA) is 65.0 Å². The van der Waals surface area contributed by atoms with E-state index in [-0.39, 0.29) is 6.10 Å². The summed E-state index contributed by atoms with van der Waals surface area (Å²) in [4.78, 5) is 0. The quantitative estimate of drug-likeness (QED) is 0.783. The lowest BCUT2D eigenvalue weighted by molar-refractivity contribution is 0.292. The predicted molar refractivity (Wildman–Crippen MR) is 76.4 cm³/mol. The second-order valence-electron chi connectivity index (χ2n) is 4.97. The van der Waals surface area contributed by atoms with Crippen molar-refractivity contribution in [1.82, 2.24) is 0 Å². The lowest BCUT2D eigenvalue weighted by Gasteiger charge is -2.13. The number of ether oxygens (including phenoxy) is 1. The fraction of sp³-hybridized carbons (Fsp3) is 0.357. The van der Waals surface area contributed by atoms with Crippen molar-refractivity contribution in [2.24, 2.45) is 5.16 Å². The van der Waals surface area contributed by atoms with Crippen molar-refractivity contribution in [3.05, 3.63) is 34.9 Å². The molecule has 0 spiro atoms. The zero-order valence-electron chi connectivity index (χ0n) is 11.3. The highest BCUT2D eigenvalue weighted by Crippen LogP contribution is 2.36. The Morgan fingerprint density at radius 2 is 2.20 bits per heavy atom. The molecule has 1 unspecified atom stereocenters. The van der Waals surface area contributed by atoms with Crippen LogP contribution < -0.4 is 4.74 Å². The third kappa shape index (κ3) is 2.31. The van der Waals surface area contributed by atoms with Crippen molar-refractivity contribution < 1.29 is 17.4 Å². The maximum Gasteiger partial charge on any atom is 0.325 e. The van der Waals surface area contributed by atoms with Crippen molar-refractivity contribution in [3.8, 4) is 5.75 Å². The number of benzene rings is 1. The summed E-state index contributed by atoms with van der Waals surface area (Å²) in [6.45, 7) is 1.82. The summed E-state index contributed by atoms with van der Waals surface area (Å²) < 4.78 is 32.5. The number of hydrogen-bond acceptors (Lipinski definition) is 5. The van der Waals surface area contributed by atoms with Gasteiger partial charge in [0.25, 0.3) is 0 Å². The van der Waals surface area contributed by atoms with Crippen LogP contribution in [0.2, 0.25) is 0 Å². The molecule has 0 bridgehead atoms. The van der Waals surface area contributed by atoms with Gasteiger partial charge in [0.05, 0.1) is 11.8 Å². The minimum atomic E-state index is -3.62. The molecular formula is C14H15NO4S. The summed E-state index contributed by atoms with van der Waals surface area (Å²) in [5, 5.41) is 3.79. The lowest BCUT2D eigenvalue weighted by Crippen LogP contribution is -2.18. The average molecular weight is 293 g/mol. The van der Waals surface area contributed by atoms with Gasteiger partial charge in [-0.15, -0.1) is 0 Å². The van der Waals surface area contributed by atoms with E-state index in [1.54, 1.807) is 0 Å². The highest BCUT2D eigenvalue weighted by molar-refractivity contribution is 7.85. The van der Waals surface area contributed by atoms with Crippen LogP contribution in [0.4, 0.5) is 0 Å². The average Bonchev–Trinajstić information content (AvgIpc) is 2.71. The molecule has 0 saturated heterocycles. The van der Waals surface area contributed by atoms with E-state index in [1.165, 1.54) is 5.56 Å². The fourth-order valence-corrected chi connectivity index (χ4v) is 2.75. The van der Waals surface area contributed by atoms with Gasteiger partial charge in [0.1, 0.15) is 17.6 Å². The van der Waals surface area contributed by atoms with Gasteiger partial charge in [0, 0.05) is 0 Å². The summed E-state index contributed by atoms with van der Waals surface area (Å²) >= 11 is 0. The number of aryl methyl sites for hydroxylation is 1. The molecule has 20 heavy (non-hydrogen) atoms. The summed E-state index contributed by atoms with van der Waals surface area (Å²) in [5.74, 6) is 0.721. The normalized spacial score (nSPS) is 22.3. The van der Waals surface area contributed by atoms with E-state index in [0.29, 0.717) is 5.71 Å². The highest BCUT2D eigenvalue weighted by Gasteiger charge is 2.31. The third-order valence-corrected chi connectivity index (χ3v) is 3.72. The Morgan fingerprint density at radius 1 is 1.40 bits per heavy atom. The molecule has 1 aromatic carbocycles. The molecule has 1 atom stereocenters. The standard InChI is InChI=1S/C14H15NO4S/c1-9-14(15-19-20(2,16)17)13-11-6-4-3-5-10(11)7-8-12(13)18-9/h4,6-9H,3,5H2,1-2H3/b15-14+. The van der Waals surface area contributed by atoms with Crippen LogP contribution in [0.1, 0.15) is 30.0 Å². The van der Waals surface area contributed by atoms with Gasteiger partial charge in [-0.05, 0) is 37.0 Å². The summed E-state index contributed by atoms with van der Waals surface area (Å²) in [6.07, 6.45) is 6.75. The van der Waals surface area contributed by atoms with Gasteiger partial charge in [-0.1, -0.05) is 23.4 Å². The molecule has 0 radical (unpaired) electrons. The molecule has 106 valence electrons. The van der Waals surface area contributed by atoms with Crippen molar-refractivity contribution >= 4 is 21.9 Å². The van der Waals surface area contributed by atoms with Gasteiger partial charge in [-0.3, -0.25) is 4.28 Å². The van der Waals surface area contributed by atoms with E-state index >= 15 is 0 Å². The van der Waals surface area contributed by atoms with E-state index in [0.717, 1.165) is 36.0 Å². The van der Waals surface area contributed by atoms with E-state index in [1.807, 2.05) is 25.1 Å². The summed E-state index contributed by atoms with van der Waals surface area (Å²) in [5.41, 5.74) is 3.63. The zero-order valence-corrected chi connectivity index (χ0v) is 12.1. The Morgan fingerprint density at radius 3 is 2.95 bits per heavy atom. The zero-order chi connectivity index (χ0) is 14.3. The summed E-state index contributed by atoms with van der Waals surface area (Å²) in [7, 11) is -3.62. The van der Waals surface area contributed by atoms with Gasteiger partial charge in [-0.25, -0.2) is 0 Å². The number of rotatable bonds is 2. The first-order chi connectivity index (χ1) is 9.46. The van der Waals surface area contributed by atoms with Gasteiger partial charge in [0.2, 0.25) is 0 Å². The molecule has 5 nitrogen and oxygen atoms in total. The molecule has 1 aliphatic heterocycles. The first-order valence-corrected chi connectivity index (χ1v) is 8.23. The molecule has 1 heterocycles. The van der Waals surface area contributed by atoms with Crippen molar-refractivity contribution in [3.63, 3.8) is 0 Å². The van der Waals surface area contributed by atoms with Crippen LogP contribution in [0.5, 0.6) is 5.75 Å². The predicted octanol–water partition coefficient (Wildman–Crippen LogP) is 2.11. The SMILES string of the molecule is CC1Oc2ccc3c(c2/C1=N/OS(C)(=O)=O)C=CCC3. The smallest absolute Gasteiger partial charge is 0.325 e. The molecule has 3 rings (SSSR count). The number of oxime groups is 1. The molecule has 0 aromatic heterocycles. The Bertz CT molecular complexity index is 719. The lowest BCUT2D eigenvalue weighted by atomic mass is 9.91. The van der Waals surface area contributed by atoms with Crippen LogP contribution in [0, 0.1) is 0 Å². The second kappa shape index (κ2) is 4.63. The van der Waals surface area contributed by atoms with E-state index in [2.05, 4.69) is 15.5 Å². The fourth-order valence-electron chi connectivity index (χ4n) is 2.53. The first kappa shape index (κ1) is 13.2. The van der Waals surface area contributed by atoms with Gasteiger partial charge < -0.3 is 4.74 Å². The van der Waals surface area contributed by atoms with Crippen LogP contribution in [0.25, 0.3) is 6.08 Å². The second-order valence-corrected chi connectivity index (χ2v) is 6.53. The molecule has 1 aliphatic carbocycles. The monoisotopic (exact) mass is 293 g/mol. The minimum Gasteiger partial charge on any atom is -0.484 e. The van der Waals surface area contributed by atoms with Crippen LogP contribution in [-0.2, 0) is 20.8 Å². The first-order valence-electron chi connectivity index (χ1n) is 6.41. The third-order valence-electron chi connectivity index (χ3n) is 3.38. The minimum absolute atomic E-state index is 0.325. The number of fused-ring (bicyclic) bond motifs is 3. The van der Waals surface area contributed by atoms with Crippen molar-refractivity contribution in [2.45, 2.75) is 25.9 Å². The largest absolute Gasteiger partial charge is 0.484 e. The number of hydrogen-bond donors (Lipinski definition) is 0. The van der Waals surface area contributed by atoms with Gasteiger partial charge in [0.15, 0.2) is 0 Å². The van der Waals surface area contributed by atoms with Crippen molar-refractivity contribution in [1.29, 1.82) is 0 Å². The number of allylic oxidation sites excluding steroid dienone is 1. The van der Waals surface area contributed by atoms with Gasteiger partial charge in [-0.2, -0.15) is 8.42 Å². The highest BCUT2D eigenvalue weighted by atomic mass is 32.2. The molecule has 0 N–H and O–H groups in total. The molecule has 0 fully saturated rings. The molecule has 0 amide bonds. The molecular weight excluding hydrogens is 278 g/mol. The van der Waals surface area contributed by atoms with Crippen LogP contribution in [-0.4, -0.2) is 26.5 Å². The van der Waals surface area contributed by atoms with Crippen molar-refractivity contribution in [2.75, 3.05) is 6.26 Å². The van der Waals surface area contributed by atoms with Gasteiger partial charge >= 0.3 is 10.1 Å². The molecule has 6 heteroatoms. The molecule has 1 aromatic rings. The van der Waals surface area contributed by atoms with E-state index < -0.39 is 10.1 Å².